The minimum atomic E-state index is -3.59. The molecule has 9 heteroatoms. The number of nitrogens with zero attached hydrogens (tertiary/aromatic N) is 2. The lowest BCUT2D eigenvalue weighted by atomic mass is 10.1. The SMILES string of the molecule is CN(c1ccc(OCC(=O)Nc2cccc(N3CCCCC3)c2)cc1)S(=O)(=O)c1cccs1. The first-order valence-electron chi connectivity index (χ1n) is 10.8. The number of hydrogen-bond donors (Lipinski definition) is 1. The van der Waals surface area contributed by atoms with Gasteiger partial charge in [0, 0.05) is 31.5 Å². The van der Waals surface area contributed by atoms with Crippen molar-refractivity contribution in [3.63, 3.8) is 0 Å². The lowest BCUT2D eigenvalue weighted by Crippen LogP contribution is -2.29. The van der Waals surface area contributed by atoms with Gasteiger partial charge in [0.25, 0.3) is 15.9 Å². The molecule has 33 heavy (non-hydrogen) atoms. The van der Waals surface area contributed by atoms with E-state index >= 15 is 0 Å². The second kappa shape index (κ2) is 10.3. The van der Waals surface area contributed by atoms with Crippen molar-refractivity contribution in [1.29, 1.82) is 0 Å². The van der Waals surface area contributed by atoms with Gasteiger partial charge in [-0.05, 0) is 73.2 Å². The van der Waals surface area contributed by atoms with Crippen LogP contribution in [0.15, 0.2) is 70.3 Å². The zero-order valence-electron chi connectivity index (χ0n) is 18.4. The maximum absolute atomic E-state index is 12.6. The van der Waals surface area contributed by atoms with Crippen LogP contribution in [0, 0.1) is 0 Å². The molecular formula is C24H27N3O4S2. The second-order valence-corrected chi connectivity index (χ2v) is 11.0. The average Bonchev–Trinajstić information content (AvgIpc) is 3.39. The quantitative estimate of drug-likeness (QED) is 0.505. The summed E-state index contributed by atoms with van der Waals surface area (Å²) in [7, 11) is -2.08. The molecular weight excluding hydrogens is 458 g/mol. The summed E-state index contributed by atoms with van der Waals surface area (Å²) in [4.78, 5) is 14.7. The topological polar surface area (TPSA) is 79.0 Å². The Hall–Kier alpha value is -3.04. The van der Waals surface area contributed by atoms with Crippen LogP contribution in [-0.2, 0) is 14.8 Å². The summed E-state index contributed by atoms with van der Waals surface area (Å²) in [6.45, 7) is 1.94. The summed E-state index contributed by atoms with van der Waals surface area (Å²) in [5, 5.41) is 4.61. The summed E-state index contributed by atoms with van der Waals surface area (Å²) >= 11 is 1.18. The molecule has 1 N–H and O–H groups in total. The number of nitrogens with one attached hydrogen (secondary N) is 1. The van der Waals surface area contributed by atoms with E-state index in [0.717, 1.165) is 24.5 Å². The second-order valence-electron chi connectivity index (χ2n) is 7.83. The molecule has 1 aliphatic rings. The van der Waals surface area contributed by atoms with Crippen LogP contribution in [0.25, 0.3) is 0 Å². The van der Waals surface area contributed by atoms with Crippen molar-refractivity contribution >= 4 is 44.3 Å². The molecule has 0 spiro atoms. The van der Waals surface area contributed by atoms with Gasteiger partial charge in [0.15, 0.2) is 6.61 Å². The highest BCUT2D eigenvalue weighted by Gasteiger charge is 2.22. The third-order valence-corrected chi connectivity index (χ3v) is 8.69. The monoisotopic (exact) mass is 485 g/mol. The summed E-state index contributed by atoms with van der Waals surface area (Å²) < 4.78 is 32.4. The molecule has 3 aromatic rings. The average molecular weight is 486 g/mol. The molecule has 0 atom stereocenters. The van der Waals surface area contributed by atoms with Gasteiger partial charge in [0.1, 0.15) is 9.96 Å². The minimum absolute atomic E-state index is 0.142. The summed E-state index contributed by atoms with van der Waals surface area (Å²) in [6.07, 6.45) is 3.66. The predicted molar refractivity (Wildman–Crippen MR) is 133 cm³/mol. The van der Waals surface area contributed by atoms with Crippen LogP contribution >= 0.6 is 11.3 Å². The van der Waals surface area contributed by atoms with Crippen molar-refractivity contribution in [2.75, 3.05) is 41.3 Å². The van der Waals surface area contributed by atoms with Crippen LogP contribution in [-0.4, -0.2) is 41.1 Å². The Kier molecular flexibility index (Phi) is 7.20. The first-order chi connectivity index (χ1) is 15.9. The molecule has 0 bridgehead atoms. The first kappa shape index (κ1) is 23.1. The number of piperidine rings is 1. The summed E-state index contributed by atoms with van der Waals surface area (Å²) in [5.41, 5.74) is 2.36. The molecule has 7 nitrogen and oxygen atoms in total. The molecule has 0 saturated carbocycles. The largest absolute Gasteiger partial charge is 0.484 e. The number of benzene rings is 2. The van der Waals surface area contributed by atoms with Crippen molar-refractivity contribution in [2.24, 2.45) is 0 Å². The Morgan fingerprint density at radius 1 is 1.06 bits per heavy atom. The van der Waals surface area contributed by atoms with Gasteiger partial charge in [-0.15, -0.1) is 11.3 Å². The van der Waals surface area contributed by atoms with Crippen molar-refractivity contribution < 1.29 is 17.9 Å². The lowest BCUT2D eigenvalue weighted by Gasteiger charge is -2.29. The van der Waals surface area contributed by atoms with E-state index in [1.54, 1.807) is 41.8 Å². The molecule has 174 valence electrons. The van der Waals surface area contributed by atoms with Gasteiger partial charge in [0.2, 0.25) is 0 Å². The fourth-order valence-electron chi connectivity index (χ4n) is 3.71. The van der Waals surface area contributed by atoms with E-state index in [1.807, 2.05) is 18.2 Å². The maximum Gasteiger partial charge on any atom is 0.273 e. The van der Waals surface area contributed by atoms with Gasteiger partial charge in [0.05, 0.1) is 5.69 Å². The summed E-state index contributed by atoms with van der Waals surface area (Å²) in [6, 6.07) is 17.8. The van der Waals surface area contributed by atoms with Crippen LogP contribution in [0.1, 0.15) is 19.3 Å². The smallest absolute Gasteiger partial charge is 0.273 e. The number of thiophene rings is 1. The van der Waals surface area contributed by atoms with Crippen molar-refractivity contribution in [3.8, 4) is 5.75 Å². The molecule has 1 aliphatic heterocycles. The van der Waals surface area contributed by atoms with Gasteiger partial charge < -0.3 is 15.0 Å². The standard InChI is InChI=1S/C24H27N3O4S2/c1-26(33(29,30)24-9-6-16-32-24)20-10-12-22(13-11-20)31-18-23(28)25-19-7-5-8-21(17-19)27-14-3-2-4-15-27/h5-13,16-17H,2-4,14-15,18H2,1H3,(H,25,28). The zero-order valence-corrected chi connectivity index (χ0v) is 20.1. The van der Waals surface area contributed by atoms with Crippen LogP contribution in [0.4, 0.5) is 17.1 Å². The highest BCUT2D eigenvalue weighted by Crippen LogP contribution is 2.27. The number of rotatable bonds is 8. The van der Waals surface area contributed by atoms with Gasteiger partial charge >= 0.3 is 0 Å². The number of carbonyl (C=O) groups excluding carboxylic acids is 1. The highest BCUT2D eigenvalue weighted by molar-refractivity contribution is 7.94. The Morgan fingerprint density at radius 3 is 2.52 bits per heavy atom. The lowest BCUT2D eigenvalue weighted by molar-refractivity contribution is -0.118. The molecule has 2 heterocycles. The molecule has 1 amide bonds. The van der Waals surface area contributed by atoms with E-state index in [2.05, 4.69) is 16.3 Å². The Balaban J connectivity index is 1.32. The van der Waals surface area contributed by atoms with Crippen LogP contribution < -0.4 is 19.3 Å². The van der Waals surface area contributed by atoms with Crippen LogP contribution in [0.3, 0.4) is 0 Å². The molecule has 0 radical (unpaired) electrons. The predicted octanol–water partition coefficient (Wildman–Crippen LogP) is 4.58. The van der Waals surface area contributed by atoms with E-state index in [9.17, 15) is 13.2 Å². The summed E-state index contributed by atoms with van der Waals surface area (Å²) in [5.74, 6) is 0.227. The molecule has 0 unspecified atom stereocenters. The molecule has 1 aromatic heterocycles. The van der Waals surface area contributed by atoms with E-state index in [4.69, 9.17) is 4.74 Å². The fourth-order valence-corrected chi connectivity index (χ4v) is 6.07. The Bertz CT molecular complexity index is 1170. The van der Waals surface area contributed by atoms with Crippen LogP contribution in [0.2, 0.25) is 0 Å². The van der Waals surface area contributed by atoms with Gasteiger partial charge in [-0.1, -0.05) is 12.1 Å². The minimum Gasteiger partial charge on any atom is -0.484 e. The highest BCUT2D eigenvalue weighted by atomic mass is 32.2. The van der Waals surface area contributed by atoms with Gasteiger partial charge in [-0.25, -0.2) is 8.42 Å². The van der Waals surface area contributed by atoms with Crippen molar-refractivity contribution in [2.45, 2.75) is 23.5 Å². The Morgan fingerprint density at radius 2 is 1.82 bits per heavy atom. The molecule has 2 aromatic carbocycles. The van der Waals surface area contributed by atoms with Crippen molar-refractivity contribution in [3.05, 3.63) is 66.0 Å². The number of amides is 1. The molecule has 1 saturated heterocycles. The van der Waals surface area contributed by atoms with Gasteiger partial charge in [-0.2, -0.15) is 0 Å². The normalized spacial score (nSPS) is 14.0. The molecule has 1 fully saturated rings. The van der Waals surface area contributed by atoms with E-state index < -0.39 is 10.0 Å². The molecule has 4 rings (SSSR count). The number of hydrogen-bond acceptors (Lipinski definition) is 6. The third kappa shape index (κ3) is 5.66. The fraction of sp³-hybridized carbons (Fsp3) is 0.292. The van der Waals surface area contributed by atoms with Gasteiger partial charge in [-0.3, -0.25) is 9.10 Å². The van der Waals surface area contributed by atoms with E-state index in [0.29, 0.717) is 11.4 Å². The van der Waals surface area contributed by atoms with E-state index in [-0.39, 0.29) is 16.7 Å². The van der Waals surface area contributed by atoms with Crippen LogP contribution in [0.5, 0.6) is 5.75 Å². The van der Waals surface area contributed by atoms with E-state index in [1.165, 1.54) is 42.0 Å². The zero-order chi connectivity index (χ0) is 23.3. The number of sulfonamides is 1. The number of ether oxygens (including phenoxy) is 1. The maximum atomic E-state index is 12.6. The Labute approximate surface area is 198 Å². The number of anilines is 3. The first-order valence-corrected chi connectivity index (χ1v) is 13.2. The third-order valence-electron chi connectivity index (χ3n) is 5.53. The number of carbonyl (C=O) groups is 1. The van der Waals surface area contributed by atoms with Crippen molar-refractivity contribution in [1.82, 2.24) is 0 Å². The molecule has 0 aliphatic carbocycles.